The molecule has 0 radical (unpaired) electrons. The molecule has 0 aliphatic carbocycles. The standard InChI is InChI=1S/C17H24N4O2S/c1-3-4-16(23)19-17(24)18-14-5-7-15(8-6-14)21-11-9-20(10-12-21)13(2)22/h5-8H,3-4,9-12H2,1-2H3,(H2,18,19,23,24). The van der Waals surface area contributed by atoms with Crippen LogP contribution in [0.25, 0.3) is 0 Å². The van der Waals surface area contributed by atoms with E-state index in [4.69, 9.17) is 12.2 Å². The number of carbonyl (C=O) groups excluding carboxylic acids is 2. The Kier molecular flexibility index (Phi) is 6.54. The van der Waals surface area contributed by atoms with E-state index in [0.29, 0.717) is 11.5 Å². The van der Waals surface area contributed by atoms with Crippen molar-refractivity contribution in [1.29, 1.82) is 0 Å². The van der Waals surface area contributed by atoms with Crippen LogP contribution in [-0.4, -0.2) is 48.0 Å². The third-order valence-electron chi connectivity index (χ3n) is 3.95. The number of piperazine rings is 1. The summed E-state index contributed by atoms with van der Waals surface area (Å²) in [5.74, 6) is 0.0581. The SMILES string of the molecule is CCCC(=O)NC(=S)Nc1ccc(N2CCN(C(C)=O)CC2)cc1. The number of hydrogen-bond acceptors (Lipinski definition) is 4. The van der Waals surface area contributed by atoms with E-state index in [1.165, 1.54) is 0 Å². The number of rotatable bonds is 4. The Morgan fingerprint density at radius 3 is 2.29 bits per heavy atom. The molecule has 1 heterocycles. The molecule has 0 aromatic heterocycles. The maximum absolute atomic E-state index is 11.5. The van der Waals surface area contributed by atoms with Gasteiger partial charge in [-0.3, -0.25) is 9.59 Å². The number of benzene rings is 1. The van der Waals surface area contributed by atoms with Crippen LogP contribution < -0.4 is 15.5 Å². The molecule has 1 fully saturated rings. The van der Waals surface area contributed by atoms with Crippen molar-refractivity contribution in [3.05, 3.63) is 24.3 Å². The number of carbonyl (C=O) groups is 2. The van der Waals surface area contributed by atoms with Gasteiger partial charge >= 0.3 is 0 Å². The molecule has 0 spiro atoms. The zero-order chi connectivity index (χ0) is 17.5. The van der Waals surface area contributed by atoms with Crippen LogP contribution >= 0.6 is 12.2 Å². The van der Waals surface area contributed by atoms with Gasteiger partial charge in [-0.05, 0) is 42.9 Å². The molecule has 2 rings (SSSR count). The van der Waals surface area contributed by atoms with Gasteiger partial charge in [0.05, 0.1) is 0 Å². The van der Waals surface area contributed by atoms with Crippen LogP contribution in [0.3, 0.4) is 0 Å². The molecule has 2 amide bonds. The summed E-state index contributed by atoms with van der Waals surface area (Å²) >= 11 is 5.13. The Morgan fingerprint density at radius 1 is 1.12 bits per heavy atom. The van der Waals surface area contributed by atoms with Gasteiger partial charge in [-0.25, -0.2) is 0 Å². The monoisotopic (exact) mass is 348 g/mol. The van der Waals surface area contributed by atoms with Gasteiger partial charge in [-0.1, -0.05) is 6.92 Å². The van der Waals surface area contributed by atoms with Crippen molar-refractivity contribution in [2.24, 2.45) is 0 Å². The van der Waals surface area contributed by atoms with E-state index >= 15 is 0 Å². The first-order chi connectivity index (χ1) is 11.5. The van der Waals surface area contributed by atoms with Crippen molar-refractivity contribution < 1.29 is 9.59 Å². The van der Waals surface area contributed by atoms with Crippen LogP contribution in [0.1, 0.15) is 26.7 Å². The number of hydrogen-bond donors (Lipinski definition) is 2. The van der Waals surface area contributed by atoms with Crippen LogP contribution in [0.4, 0.5) is 11.4 Å². The maximum atomic E-state index is 11.5. The second-order valence-electron chi connectivity index (χ2n) is 5.79. The molecule has 1 aliphatic rings. The average molecular weight is 348 g/mol. The molecular weight excluding hydrogens is 324 g/mol. The lowest BCUT2D eigenvalue weighted by Crippen LogP contribution is -2.48. The second-order valence-corrected chi connectivity index (χ2v) is 6.20. The van der Waals surface area contributed by atoms with Gasteiger partial charge in [0.2, 0.25) is 11.8 Å². The first kappa shape index (κ1) is 18.2. The fourth-order valence-corrected chi connectivity index (χ4v) is 2.85. The van der Waals surface area contributed by atoms with Crippen molar-refractivity contribution in [2.75, 3.05) is 36.4 Å². The summed E-state index contributed by atoms with van der Waals surface area (Å²) in [6.07, 6.45) is 1.26. The minimum atomic E-state index is -0.0741. The minimum absolute atomic E-state index is 0.0741. The van der Waals surface area contributed by atoms with Crippen LogP contribution in [0.2, 0.25) is 0 Å². The van der Waals surface area contributed by atoms with E-state index in [-0.39, 0.29) is 11.8 Å². The van der Waals surface area contributed by atoms with E-state index in [2.05, 4.69) is 15.5 Å². The number of anilines is 2. The van der Waals surface area contributed by atoms with Crippen molar-refractivity contribution in [1.82, 2.24) is 10.2 Å². The molecular formula is C17H24N4O2S. The quantitative estimate of drug-likeness (QED) is 0.815. The molecule has 0 atom stereocenters. The molecule has 0 unspecified atom stereocenters. The summed E-state index contributed by atoms with van der Waals surface area (Å²) < 4.78 is 0. The molecule has 7 heteroatoms. The maximum Gasteiger partial charge on any atom is 0.226 e. The van der Waals surface area contributed by atoms with E-state index in [1.54, 1.807) is 6.92 Å². The second kappa shape index (κ2) is 8.63. The highest BCUT2D eigenvalue weighted by molar-refractivity contribution is 7.80. The van der Waals surface area contributed by atoms with Gasteiger partial charge in [0.25, 0.3) is 0 Å². The normalized spacial score (nSPS) is 14.2. The predicted molar refractivity (Wildman–Crippen MR) is 100 cm³/mol. The summed E-state index contributed by atoms with van der Waals surface area (Å²) in [7, 11) is 0. The zero-order valence-corrected chi connectivity index (χ0v) is 15.0. The fraction of sp³-hybridized carbons (Fsp3) is 0.471. The van der Waals surface area contributed by atoms with Crippen molar-refractivity contribution >= 4 is 40.5 Å². The topological polar surface area (TPSA) is 64.7 Å². The highest BCUT2D eigenvalue weighted by atomic mass is 32.1. The molecule has 1 aliphatic heterocycles. The lowest BCUT2D eigenvalue weighted by molar-refractivity contribution is -0.129. The highest BCUT2D eigenvalue weighted by Crippen LogP contribution is 2.19. The lowest BCUT2D eigenvalue weighted by Gasteiger charge is -2.35. The van der Waals surface area contributed by atoms with E-state index in [0.717, 1.165) is 44.0 Å². The summed E-state index contributed by atoms with van der Waals surface area (Å²) in [5, 5.41) is 5.98. The number of amides is 2. The molecule has 0 bridgehead atoms. The third kappa shape index (κ3) is 5.19. The Hall–Kier alpha value is -2.15. The average Bonchev–Trinajstić information content (AvgIpc) is 2.55. The Morgan fingerprint density at radius 2 is 1.75 bits per heavy atom. The largest absolute Gasteiger partial charge is 0.368 e. The third-order valence-corrected chi connectivity index (χ3v) is 4.15. The van der Waals surface area contributed by atoms with E-state index in [1.807, 2.05) is 36.1 Å². The van der Waals surface area contributed by atoms with Crippen LogP contribution in [-0.2, 0) is 9.59 Å². The molecule has 1 aromatic rings. The number of nitrogens with one attached hydrogen (secondary N) is 2. The Labute approximate surface area is 148 Å². The Bertz CT molecular complexity index is 595. The summed E-state index contributed by atoms with van der Waals surface area (Å²) in [5.41, 5.74) is 1.95. The fourth-order valence-electron chi connectivity index (χ4n) is 2.61. The molecule has 2 N–H and O–H groups in total. The molecule has 24 heavy (non-hydrogen) atoms. The number of thiocarbonyl (C=S) groups is 1. The Balaban J connectivity index is 1.86. The zero-order valence-electron chi connectivity index (χ0n) is 14.2. The van der Waals surface area contributed by atoms with Gasteiger partial charge in [0, 0.05) is 50.9 Å². The summed E-state index contributed by atoms with van der Waals surface area (Å²) in [6, 6.07) is 7.90. The van der Waals surface area contributed by atoms with Gasteiger partial charge in [-0.15, -0.1) is 0 Å². The smallest absolute Gasteiger partial charge is 0.226 e. The van der Waals surface area contributed by atoms with Gasteiger partial charge in [0.15, 0.2) is 5.11 Å². The molecule has 1 saturated heterocycles. The molecule has 130 valence electrons. The lowest BCUT2D eigenvalue weighted by atomic mass is 10.2. The minimum Gasteiger partial charge on any atom is -0.368 e. The van der Waals surface area contributed by atoms with Crippen LogP contribution in [0.5, 0.6) is 0 Å². The molecule has 6 nitrogen and oxygen atoms in total. The van der Waals surface area contributed by atoms with E-state index in [9.17, 15) is 9.59 Å². The van der Waals surface area contributed by atoms with Gasteiger partial charge in [0.1, 0.15) is 0 Å². The van der Waals surface area contributed by atoms with Crippen LogP contribution in [0, 0.1) is 0 Å². The van der Waals surface area contributed by atoms with Crippen molar-refractivity contribution in [3.63, 3.8) is 0 Å². The first-order valence-corrected chi connectivity index (χ1v) is 8.61. The molecule has 1 aromatic carbocycles. The predicted octanol–water partition coefficient (Wildman–Crippen LogP) is 1.97. The number of nitrogens with zero attached hydrogens (tertiary/aromatic N) is 2. The van der Waals surface area contributed by atoms with Crippen molar-refractivity contribution in [2.45, 2.75) is 26.7 Å². The van der Waals surface area contributed by atoms with Gasteiger partial charge < -0.3 is 20.4 Å². The summed E-state index contributed by atoms with van der Waals surface area (Å²) in [4.78, 5) is 27.0. The summed E-state index contributed by atoms with van der Waals surface area (Å²) in [6.45, 7) is 6.73. The molecule has 0 saturated carbocycles. The first-order valence-electron chi connectivity index (χ1n) is 8.21. The highest BCUT2D eigenvalue weighted by Gasteiger charge is 2.18. The van der Waals surface area contributed by atoms with Gasteiger partial charge in [-0.2, -0.15) is 0 Å². The van der Waals surface area contributed by atoms with Crippen molar-refractivity contribution in [3.8, 4) is 0 Å². The van der Waals surface area contributed by atoms with E-state index < -0.39 is 0 Å². The van der Waals surface area contributed by atoms with Crippen LogP contribution in [0.15, 0.2) is 24.3 Å².